The first-order valence-corrected chi connectivity index (χ1v) is 9.37. The third-order valence-electron chi connectivity index (χ3n) is 4.68. The van der Waals surface area contributed by atoms with Crippen molar-refractivity contribution in [1.29, 1.82) is 0 Å². The van der Waals surface area contributed by atoms with Gasteiger partial charge in [0.1, 0.15) is 18.0 Å². The second-order valence-electron chi connectivity index (χ2n) is 6.77. The first-order valence-electron chi connectivity index (χ1n) is 8.99. The van der Waals surface area contributed by atoms with Crippen LogP contribution in [0.5, 0.6) is 5.75 Å². The maximum atomic E-state index is 10.3. The molecule has 140 valence electrons. The van der Waals surface area contributed by atoms with E-state index in [4.69, 9.17) is 21.1 Å². The van der Waals surface area contributed by atoms with Gasteiger partial charge in [-0.2, -0.15) is 0 Å². The average Bonchev–Trinajstić information content (AvgIpc) is 2.62. The minimum absolute atomic E-state index is 0.108. The molecule has 0 aliphatic carbocycles. The van der Waals surface area contributed by atoms with Crippen molar-refractivity contribution < 1.29 is 19.7 Å². The van der Waals surface area contributed by atoms with Gasteiger partial charge in [0.2, 0.25) is 0 Å². The van der Waals surface area contributed by atoms with Crippen molar-refractivity contribution in [1.82, 2.24) is 0 Å². The lowest BCUT2D eigenvalue weighted by Crippen LogP contribution is -2.42. The molecular weight excluding hydrogens is 352 g/mol. The van der Waals surface area contributed by atoms with Gasteiger partial charge in [0.05, 0.1) is 18.8 Å². The monoisotopic (exact) mass is 376 g/mol. The number of hydrogen-bond donors (Lipinski definition) is 2. The van der Waals surface area contributed by atoms with Crippen molar-refractivity contribution in [3.63, 3.8) is 0 Å². The van der Waals surface area contributed by atoms with E-state index < -0.39 is 18.3 Å². The van der Waals surface area contributed by atoms with E-state index >= 15 is 0 Å². The summed E-state index contributed by atoms with van der Waals surface area (Å²) in [7, 11) is 0. The Morgan fingerprint density at radius 3 is 2.58 bits per heavy atom. The number of hydrogen-bond acceptors (Lipinski definition) is 4. The van der Waals surface area contributed by atoms with Crippen LogP contribution in [0.4, 0.5) is 0 Å². The van der Waals surface area contributed by atoms with Crippen molar-refractivity contribution >= 4 is 11.6 Å². The van der Waals surface area contributed by atoms with Crippen LogP contribution in [0.3, 0.4) is 0 Å². The zero-order chi connectivity index (χ0) is 18.7. The summed E-state index contributed by atoms with van der Waals surface area (Å²) in [5, 5.41) is 21.0. The molecule has 4 nitrogen and oxygen atoms in total. The minimum Gasteiger partial charge on any atom is -0.494 e. The van der Waals surface area contributed by atoms with Gasteiger partial charge in [-0.15, -0.1) is 0 Å². The van der Waals surface area contributed by atoms with E-state index in [9.17, 15) is 10.2 Å². The van der Waals surface area contributed by atoms with Crippen LogP contribution < -0.4 is 4.74 Å². The molecule has 1 aliphatic heterocycles. The zero-order valence-corrected chi connectivity index (χ0v) is 15.8. The molecule has 26 heavy (non-hydrogen) atoms. The summed E-state index contributed by atoms with van der Waals surface area (Å²) < 4.78 is 11.3. The van der Waals surface area contributed by atoms with Gasteiger partial charge in [0.15, 0.2) is 0 Å². The van der Waals surface area contributed by atoms with Gasteiger partial charge in [-0.05, 0) is 55.2 Å². The number of aliphatic hydroxyl groups is 2. The van der Waals surface area contributed by atoms with Crippen LogP contribution in [0.2, 0.25) is 5.02 Å². The molecule has 0 saturated carbocycles. The fourth-order valence-corrected chi connectivity index (χ4v) is 3.52. The molecule has 0 amide bonds. The van der Waals surface area contributed by atoms with Gasteiger partial charge < -0.3 is 19.7 Å². The highest BCUT2D eigenvalue weighted by atomic mass is 35.5. The number of rotatable bonds is 5. The maximum Gasteiger partial charge on any atom is 0.119 e. The van der Waals surface area contributed by atoms with Crippen LogP contribution in [0.1, 0.15) is 43.1 Å². The van der Waals surface area contributed by atoms with Crippen molar-refractivity contribution in [2.45, 2.75) is 51.1 Å². The molecule has 1 fully saturated rings. The normalized spacial score (nSPS) is 25.9. The second-order valence-corrected chi connectivity index (χ2v) is 7.17. The Balaban J connectivity index is 1.81. The zero-order valence-electron chi connectivity index (χ0n) is 15.1. The van der Waals surface area contributed by atoms with Crippen molar-refractivity contribution in [3.05, 3.63) is 64.2 Å². The summed E-state index contributed by atoms with van der Waals surface area (Å²) in [6.07, 6.45) is -1.28. The lowest BCUT2D eigenvalue weighted by atomic mass is 9.92. The van der Waals surface area contributed by atoms with Gasteiger partial charge >= 0.3 is 0 Å². The Morgan fingerprint density at radius 2 is 1.88 bits per heavy atom. The standard InChI is InChI=1S/C21H25ClO4/c1-3-25-17-7-4-14(5-8-17)11-16-12-15(6-9-18(16)22)21-20(24)19(23)10-13(2)26-21/h4-9,12-13,19-21,23-24H,3,10-11H2,1-2H3/t13-,19+,20-,21+/m1/s1. The molecule has 1 aliphatic rings. The van der Waals surface area contributed by atoms with Gasteiger partial charge in [-0.1, -0.05) is 35.9 Å². The highest BCUT2D eigenvalue weighted by Gasteiger charge is 2.36. The number of aliphatic hydroxyl groups excluding tert-OH is 2. The van der Waals surface area contributed by atoms with E-state index in [0.29, 0.717) is 24.5 Å². The first-order chi connectivity index (χ1) is 12.5. The number of ether oxygens (including phenoxy) is 2. The Hall–Kier alpha value is -1.59. The third-order valence-corrected chi connectivity index (χ3v) is 5.05. The van der Waals surface area contributed by atoms with Crippen LogP contribution in [-0.4, -0.2) is 35.1 Å². The molecule has 0 spiro atoms. The molecule has 0 bridgehead atoms. The largest absolute Gasteiger partial charge is 0.494 e. The lowest BCUT2D eigenvalue weighted by Gasteiger charge is -2.36. The van der Waals surface area contributed by atoms with Crippen LogP contribution >= 0.6 is 11.6 Å². The highest BCUT2D eigenvalue weighted by molar-refractivity contribution is 6.31. The topological polar surface area (TPSA) is 58.9 Å². The summed E-state index contributed by atoms with van der Waals surface area (Å²) in [5.41, 5.74) is 2.90. The molecular formula is C21H25ClO4. The maximum absolute atomic E-state index is 10.3. The average molecular weight is 377 g/mol. The highest BCUT2D eigenvalue weighted by Crippen LogP contribution is 2.34. The summed E-state index contributed by atoms with van der Waals surface area (Å²) in [6, 6.07) is 13.6. The summed E-state index contributed by atoms with van der Waals surface area (Å²) in [6.45, 7) is 4.50. The van der Waals surface area contributed by atoms with Gasteiger partial charge in [0.25, 0.3) is 0 Å². The van der Waals surface area contributed by atoms with E-state index in [-0.39, 0.29) is 6.10 Å². The summed E-state index contributed by atoms with van der Waals surface area (Å²) in [4.78, 5) is 0. The SMILES string of the molecule is CCOc1ccc(Cc2cc([C@@H]3O[C@H](C)C[C@H](O)[C@H]3O)ccc2Cl)cc1. The quantitative estimate of drug-likeness (QED) is 0.830. The molecule has 2 N–H and O–H groups in total. The molecule has 4 atom stereocenters. The Bertz CT molecular complexity index is 731. The van der Waals surface area contributed by atoms with E-state index in [2.05, 4.69) is 0 Å². The van der Waals surface area contributed by atoms with Crippen LogP contribution in [0, 0.1) is 0 Å². The summed E-state index contributed by atoms with van der Waals surface area (Å²) >= 11 is 6.38. The van der Waals surface area contributed by atoms with E-state index in [1.54, 1.807) is 0 Å². The third kappa shape index (κ3) is 4.38. The van der Waals surface area contributed by atoms with Crippen LogP contribution in [-0.2, 0) is 11.2 Å². The first kappa shape index (κ1) is 19.2. The molecule has 0 aromatic heterocycles. The Labute approximate surface area is 159 Å². The van der Waals surface area contributed by atoms with E-state index in [0.717, 1.165) is 22.4 Å². The van der Waals surface area contributed by atoms with Crippen molar-refractivity contribution in [2.75, 3.05) is 6.61 Å². The van der Waals surface area contributed by atoms with Crippen molar-refractivity contribution in [3.8, 4) is 5.75 Å². The second kappa shape index (κ2) is 8.40. The predicted molar refractivity (Wildman–Crippen MR) is 102 cm³/mol. The Morgan fingerprint density at radius 1 is 1.15 bits per heavy atom. The van der Waals surface area contributed by atoms with Crippen molar-refractivity contribution in [2.24, 2.45) is 0 Å². The molecule has 0 unspecified atom stereocenters. The van der Waals surface area contributed by atoms with Crippen LogP contribution in [0.15, 0.2) is 42.5 Å². The molecule has 2 aromatic carbocycles. The fraction of sp³-hybridized carbons (Fsp3) is 0.429. The van der Waals surface area contributed by atoms with Gasteiger partial charge in [-0.25, -0.2) is 0 Å². The smallest absolute Gasteiger partial charge is 0.119 e. The van der Waals surface area contributed by atoms with Gasteiger partial charge in [-0.3, -0.25) is 0 Å². The molecule has 2 aromatic rings. The van der Waals surface area contributed by atoms with E-state index in [1.807, 2.05) is 56.3 Å². The lowest BCUT2D eigenvalue weighted by molar-refractivity contribution is -0.166. The van der Waals surface area contributed by atoms with Crippen LogP contribution in [0.25, 0.3) is 0 Å². The number of benzene rings is 2. The minimum atomic E-state index is -0.939. The number of halogens is 1. The van der Waals surface area contributed by atoms with E-state index in [1.165, 1.54) is 0 Å². The summed E-state index contributed by atoms with van der Waals surface area (Å²) in [5.74, 6) is 0.845. The van der Waals surface area contributed by atoms with Gasteiger partial charge in [0, 0.05) is 11.4 Å². The molecule has 5 heteroatoms. The molecule has 3 rings (SSSR count). The predicted octanol–water partition coefficient (Wildman–Crippen LogP) is 3.90. The fourth-order valence-electron chi connectivity index (χ4n) is 3.34. The molecule has 1 heterocycles. The molecule has 1 saturated heterocycles. The molecule has 0 radical (unpaired) electrons. The Kier molecular flexibility index (Phi) is 6.20.